The van der Waals surface area contributed by atoms with Gasteiger partial charge >= 0.3 is 5.97 Å². The molecular weight excluding hydrogens is 358 g/mol. The molecule has 22 heavy (non-hydrogen) atoms. The fraction of sp³-hybridized carbons (Fsp3) is 0.176. The highest BCUT2D eigenvalue weighted by Gasteiger charge is 2.20. The second-order valence-electron chi connectivity index (χ2n) is 5.86. The van der Waals surface area contributed by atoms with Crippen LogP contribution in [0.5, 0.6) is 0 Å². The van der Waals surface area contributed by atoms with Gasteiger partial charge in [-0.3, -0.25) is 4.99 Å². The van der Waals surface area contributed by atoms with Crippen LogP contribution < -0.4 is 0 Å². The molecule has 0 fully saturated rings. The summed E-state index contributed by atoms with van der Waals surface area (Å²) >= 11 is 3.40. The van der Waals surface area contributed by atoms with Gasteiger partial charge in [-0.2, -0.15) is 0 Å². The summed E-state index contributed by atoms with van der Waals surface area (Å²) in [4.78, 5) is 16.3. The van der Waals surface area contributed by atoms with E-state index in [1.807, 2.05) is 56.0 Å². The van der Waals surface area contributed by atoms with E-state index in [2.05, 4.69) is 20.9 Å². The maximum absolute atomic E-state index is 12.0. The topological polar surface area (TPSA) is 38.7 Å². The highest BCUT2D eigenvalue weighted by atomic mass is 79.9. The molecule has 3 nitrogen and oxygen atoms in total. The van der Waals surface area contributed by atoms with Gasteiger partial charge in [0.2, 0.25) is 8.32 Å². The largest absolute Gasteiger partial charge is 0.516 e. The first-order valence-corrected chi connectivity index (χ1v) is 11.2. The molecule has 0 atom stereocenters. The van der Waals surface area contributed by atoms with Crippen LogP contribution in [0.3, 0.4) is 0 Å². The molecule has 2 rings (SSSR count). The quantitative estimate of drug-likeness (QED) is 0.544. The summed E-state index contributed by atoms with van der Waals surface area (Å²) in [7, 11) is -1.86. The third kappa shape index (κ3) is 5.24. The highest BCUT2D eigenvalue weighted by Crippen LogP contribution is 2.16. The van der Waals surface area contributed by atoms with Crippen molar-refractivity contribution in [2.24, 2.45) is 4.99 Å². The van der Waals surface area contributed by atoms with Gasteiger partial charge in [-0.25, -0.2) is 4.79 Å². The zero-order chi connectivity index (χ0) is 16.2. The average Bonchev–Trinajstić information content (AvgIpc) is 2.45. The Morgan fingerprint density at radius 1 is 1.05 bits per heavy atom. The van der Waals surface area contributed by atoms with Crippen LogP contribution in [0, 0.1) is 0 Å². The molecule has 0 aromatic heterocycles. The minimum absolute atomic E-state index is 0.261. The lowest BCUT2D eigenvalue weighted by atomic mass is 10.2. The third-order valence-corrected chi connectivity index (χ3v) is 4.06. The predicted octanol–water partition coefficient (Wildman–Crippen LogP) is 5.19. The SMILES string of the molecule is C[Si](C)(C)OC(=O)c1ccc(N=Cc2ccc(Br)cc2)cc1. The molecule has 2 aromatic rings. The molecule has 0 aliphatic carbocycles. The van der Waals surface area contributed by atoms with Gasteiger partial charge in [0.05, 0.1) is 11.3 Å². The van der Waals surface area contributed by atoms with Gasteiger partial charge < -0.3 is 4.43 Å². The maximum atomic E-state index is 12.0. The second-order valence-corrected chi connectivity index (χ2v) is 11.2. The van der Waals surface area contributed by atoms with Crippen LogP contribution in [0.4, 0.5) is 5.69 Å². The van der Waals surface area contributed by atoms with Gasteiger partial charge in [0.1, 0.15) is 0 Å². The van der Waals surface area contributed by atoms with E-state index in [1.165, 1.54) is 0 Å². The van der Waals surface area contributed by atoms with E-state index in [4.69, 9.17) is 4.43 Å². The van der Waals surface area contributed by atoms with E-state index in [1.54, 1.807) is 18.3 Å². The van der Waals surface area contributed by atoms with Gasteiger partial charge in [-0.05, 0) is 61.6 Å². The number of carbonyl (C=O) groups is 1. The number of aliphatic imine (C=N–C) groups is 1. The van der Waals surface area contributed by atoms with E-state index < -0.39 is 8.32 Å². The zero-order valence-corrected chi connectivity index (χ0v) is 15.4. The molecule has 0 aliphatic heterocycles. The molecule has 0 spiro atoms. The number of hydrogen-bond acceptors (Lipinski definition) is 3. The van der Waals surface area contributed by atoms with Crippen LogP contribution >= 0.6 is 15.9 Å². The number of benzene rings is 2. The van der Waals surface area contributed by atoms with Crippen molar-refractivity contribution in [3.05, 3.63) is 64.1 Å². The Hall–Kier alpha value is -1.72. The Labute approximate surface area is 140 Å². The molecule has 0 amide bonds. The molecule has 5 heteroatoms. The first kappa shape index (κ1) is 16.6. The fourth-order valence-electron chi connectivity index (χ4n) is 1.72. The molecule has 0 heterocycles. The van der Waals surface area contributed by atoms with Crippen LogP contribution in [0.15, 0.2) is 58.0 Å². The fourth-order valence-corrected chi connectivity index (χ4v) is 2.66. The van der Waals surface area contributed by atoms with Crippen molar-refractivity contribution in [3.8, 4) is 0 Å². The number of nitrogens with zero attached hydrogens (tertiary/aromatic N) is 1. The predicted molar refractivity (Wildman–Crippen MR) is 96.6 cm³/mol. The summed E-state index contributed by atoms with van der Waals surface area (Å²) in [6.45, 7) is 5.96. The molecule has 0 bridgehead atoms. The molecule has 0 N–H and O–H groups in total. The minimum Gasteiger partial charge on any atom is -0.516 e. The molecule has 0 aliphatic rings. The van der Waals surface area contributed by atoms with E-state index in [0.717, 1.165) is 15.7 Å². The minimum atomic E-state index is -1.86. The van der Waals surface area contributed by atoms with Gasteiger partial charge in [-0.15, -0.1) is 0 Å². The van der Waals surface area contributed by atoms with Crippen LogP contribution in [0.1, 0.15) is 15.9 Å². The normalized spacial score (nSPS) is 11.6. The van der Waals surface area contributed by atoms with Crippen molar-refractivity contribution in [1.82, 2.24) is 0 Å². The van der Waals surface area contributed by atoms with E-state index in [-0.39, 0.29) is 5.97 Å². The molecule has 0 saturated carbocycles. The molecule has 2 aromatic carbocycles. The second kappa shape index (κ2) is 7.02. The van der Waals surface area contributed by atoms with Crippen LogP contribution in [-0.4, -0.2) is 20.5 Å². The standard InChI is InChI=1S/C17H18BrNO2Si/c1-22(2,3)21-17(20)14-6-10-16(11-7-14)19-12-13-4-8-15(18)9-5-13/h4-12H,1-3H3. The van der Waals surface area contributed by atoms with E-state index >= 15 is 0 Å². The van der Waals surface area contributed by atoms with Crippen molar-refractivity contribution < 1.29 is 9.22 Å². The smallest absolute Gasteiger partial charge is 0.324 e. The van der Waals surface area contributed by atoms with Crippen molar-refractivity contribution >= 4 is 42.1 Å². The zero-order valence-electron chi connectivity index (χ0n) is 12.8. The van der Waals surface area contributed by atoms with Crippen molar-refractivity contribution in [3.63, 3.8) is 0 Å². The first-order chi connectivity index (χ1) is 10.3. The summed E-state index contributed by atoms with van der Waals surface area (Å²) < 4.78 is 6.50. The van der Waals surface area contributed by atoms with Crippen LogP contribution in [0.25, 0.3) is 0 Å². The average molecular weight is 376 g/mol. The van der Waals surface area contributed by atoms with Gasteiger partial charge in [0.15, 0.2) is 0 Å². The first-order valence-electron chi connectivity index (χ1n) is 6.96. The summed E-state index contributed by atoms with van der Waals surface area (Å²) in [5, 5.41) is 0. The molecule has 0 saturated heterocycles. The molecule has 0 unspecified atom stereocenters. The lowest BCUT2D eigenvalue weighted by molar-refractivity contribution is 0.0724. The van der Waals surface area contributed by atoms with E-state index in [0.29, 0.717) is 5.56 Å². The number of halogens is 1. The van der Waals surface area contributed by atoms with Crippen molar-refractivity contribution in [2.75, 3.05) is 0 Å². The number of hydrogen-bond donors (Lipinski definition) is 0. The summed E-state index contributed by atoms with van der Waals surface area (Å²) in [5.41, 5.74) is 2.38. The molecule has 0 radical (unpaired) electrons. The van der Waals surface area contributed by atoms with Gasteiger partial charge in [0, 0.05) is 10.7 Å². The van der Waals surface area contributed by atoms with Gasteiger partial charge in [0.25, 0.3) is 0 Å². The van der Waals surface area contributed by atoms with Crippen molar-refractivity contribution in [2.45, 2.75) is 19.6 Å². The summed E-state index contributed by atoms with van der Waals surface area (Å²) in [5.74, 6) is -0.261. The highest BCUT2D eigenvalue weighted by molar-refractivity contribution is 9.10. The Kier molecular flexibility index (Phi) is 5.31. The van der Waals surface area contributed by atoms with Crippen molar-refractivity contribution in [1.29, 1.82) is 0 Å². The Morgan fingerprint density at radius 2 is 1.64 bits per heavy atom. The third-order valence-electron chi connectivity index (χ3n) is 2.73. The Morgan fingerprint density at radius 3 is 2.18 bits per heavy atom. The molecule has 114 valence electrons. The van der Waals surface area contributed by atoms with Crippen LogP contribution in [-0.2, 0) is 4.43 Å². The Balaban J connectivity index is 2.05. The Bertz CT molecular complexity index is 673. The maximum Gasteiger partial charge on any atom is 0.324 e. The lowest BCUT2D eigenvalue weighted by Gasteiger charge is -2.17. The van der Waals surface area contributed by atoms with Crippen LogP contribution in [0.2, 0.25) is 19.6 Å². The number of rotatable bonds is 4. The lowest BCUT2D eigenvalue weighted by Crippen LogP contribution is -2.29. The number of carbonyl (C=O) groups excluding carboxylic acids is 1. The van der Waals surface area contributed by atoms with E-state index in [9.17, 15) is 4.79 Å². The summed E-state index contributed by atoms with van der Waals surface area (Å²) in [6.07, 6.45) is 1.79. The monoisotopic (exact) mass is 375 g/mol. The molecular formula is C17H18BrNO2Si. The summed E-state index contributed by atoms with van der Waals surface area (Å²) in [6, 6.07) is 15.0. The van der Waals surface area contributed by atoms with Gasteiger partial charge in [-0.1, -0.05) is 28.1 Å².